The van der Waals surface area contributed by atoms with Crippen molar-refractivity contribution in [3.05, 3.63) is 17.0 Å². The summed E-state index contributed by atoms with van der Waals surface area (Å²) in [5.74, 6) is 0.923. The topological polar surface area (TPSA) is 12.0 Å². The lowest BCUT2D eigenvalue weighted by Crippen LogP contribution is -2.24. The fourth-order valence-electron chi connectivity index (χ4n) is 0.838. The van der Waals surface area contributed by atoms with Gasteiger partial charge in [-0.15, -0.1) is 11.3 Å². The second-order valence-electron chi connectivity index (χ2n) is 1.92. The van der Waals surface area contributed by atoms with Gasteiger partial charge in [-0.25, -0.2) is 0 Å². The molecule has 10 heavy (non-hydrogen) atoms. The summed E-state index contributed by atoms with van der Waals surface area (Å²) in [7, 11) is 0. The third-order valence-electron chi connectivity index (χ3n) is 1.31. The molecule has 0 radical (unpaired) electrons. The number of thiocarbonyl (C=S) groups is 1. The monoisotopic (exact) mass is 187 g/mol. The molecule has 0 amide bonds. The van der Waals surface area contributed by atoms with Gasteiger partial charge in [0.25, 0.3) is 0 Å². The highest BCUT2D eigenvalue weighted by molar-refractivity contribution is 8.01. The number of hydrogen-bond acceptors (Lipinski definition) is 3. The SMILES string of the molecule is S=C1NCSc2sccc21. The molecule has 2 rings (SSSR count). The minimum atomic E-state index is 0.898. The maximum Gasteiger partial charge on any atom is 0.109 e. The van der Waals surface area contributed by atoms with Crippen molar-refractivity contribution >= 4 is 40.3 Å². The van der Waals surface area contributed by atoms with Crippen molar-refractivity contribution in [1.29, 1.82) is 0 Å². The standard InChI is InChI=1S/C6H5NS3/c8-5-4-1-2-9-6(4)10-3-7-5/h1-2H,3H2,(H,7,8). The summed E-state index contributed by atoms with van der Waals surface area (Å²) in [5, 5.41) is 5.21. The molecule has 0 saturated carbocycles. The van der Waals surface area contributed by atoms with Crippen LogP contribution in [0.25, 0.3) is 0 Å². The molecule has 1 aliphatic rings. The number of thioether (sulfide) groups is 1. The van der Waals surface area contributed by atoms with Crippen LogP contribution >= 0.6 is 35.3 Å². The number of fused-ring (bicyclic) bond motifs is 1. The molecule has 0 unspecified atom stereocenters. The van der Waals surface area contributed by atoms with Crippen LogP contribution in [0, 0.1) is 0 Å². The maximum absolute atomic E-state index is 5.10. The summed E-state index contributed by atoms with van der Waals surface area (Å²) in [6.07, 6.45) is 0. The van der Waals surface area contributed by atoms with Gasteiger partial charge in [-0.2, -0.15) is 0 Å². The van der Waals surface area contributed by atoms with Crippen molar-refractivity contribution in [3.8, 4) is 0 Å². The van der Waals surface area contributed by atoms with E-state index >= 15 is 0 Å². The number of hydrogen-bond donors (Lipinski definition) is 1. The van der Waals surface area contributed by atoms with Gasteiger partial charge in [-0.1, -0.05) is 24.0 Å². The zero-order valence-electron chi connectivity index (χ0n) is 5.09. The first-order valence-electron chi connectivity index (χ1n) is 2.86. The average molecular weight is 187 g/mol. The van der Waals surface area contributed by atoms with Gasteiger partial charge >= 0.3 is 0 Å². The van der Waals surface area contributed by atoms with Crippen LogP contribution in [0.4, 0.5) is 0 Å². The van der Waals surface area contributed by atoms with Gasteiger partial charge in [-0.3, -0.25) is 0 Å². The van der Waals surface area contributed by atoms with E-state index in [1.807, 2.05) is 11.8 Å². The molecule has 0 spiro atoms. The molecule has 0 aromatic carbocycles. The fraction of sp³-hybridized carbons (Fsp3) is 0.167. The Balaban J connectivity index is 2.50. The molecule has 4 heteroatoms. The van der Waals surface area contributed by atoms with E-state index in [9.17, 15) is 0 Å². The van der Waals surface area contributed by atoms with Crippen molar-refractivity contribution in [2.45, 2.75) is 4.21 Å². The third-order valence-corrected chi connectivity index (χ3v) is 3.79. The summed E-state index contributed by atoms with van der Waals surface area (Å²) >= 11 is 8.68. The zero-order valence-corrected chi connectivity index (χ0v) is 7.54. The molecule has 1 aromatic rings. The lowest BCUT2D eigenvalue weighted by Gasteiger charge is -2.13. The van der Waals surface area contributed by atoms with E-state index in [-0.39, 0.29) is 0 Å². The van der Waals surface area contributed by atoms with Gasteiger partial charge in [0.15, 0.2) is 0 Å². The van der Waals surface area contributed by atoms with Crippen LogP contribution in [0.2, 0.25) is 0 Å². The largest absolute Gasteiger partial charge is 0.366 e. The first-order valence-corrected chi connectivity index (χ1v) is 5.14. The lowest BCUT2D eigenvalue weighted by molar-refractivity contribution is 1.13. The summed E-state index contributed by atoms with van der Waals surface area (Å²) in [6, 6.07) is 2.07. The number of thiophene rings is 1. The van der Waals surface area contributed by atoms with Gasteiger partial charge in [0.1, 0.15) is 4.99 Å². The Labute approximate surface area is 72.8 Å². The zero-order chi connectivity index (χ0) is 6.97. The fourth-order valence-corrected chi connectivity index (χ4v) is 3.21. The van der Waals surface area contributed by atoms with E-state index in [0.717, 1.165) is 10.9 Å². The smallest absolute Gasteiger partial charge is 0.109 e. The molecule has 1 aromatic heterocycles. The third kappa shape index (κ3) is 0.962. The van der Waals surface area contributed by atoms with Crippen LogP contribution < -0.4 is 5.32 Å². The Bertz CT molecular complexity index is 266. The maximum atomic E-state index is 5.10. The van der Waals surface area contributed by atoms with Crippen LogP contribution in [-0.4, -0.2) is 10.9 Å². The van der Waals surface area contributed by atoms with Crippen molar-refractivity contribution in [2.75, 3.05) is 5.88 Å². The summed E-state index contributed by atoms with van der Waals surface area (Å²) in [5.41, 5.74) is 1.20. The van der Waals surface area contributed by atoms with Crippen LogP contribution in [-0.2, 0) is 0 Å². The second-order valence-corrected chi connectivity index (χ2v) is 4.48. The van der Waals surface area contributed by atoms with Crippen molar-refractivity contribution in [3.63, 3.8) is 0 Å². The van der Waals surface area contributed by atoms with E-state index in [0.29, 0.717) is 0 Å². The Morgan fingerprint density at radius 1 is 1.60 bits per heavy atom. The van der Waals surface area contributed by atoms with E-state index in [4.69, 9.17) is 12.2 Å². The van der Waals surface area contributed by atoms with Crippen molar-refractivity contribution in [2.24, 2.45) is 0 Å². The Morgan fingerprint density at radius 2 is 2.50 bits per heavy atom. The summed E-state index contributed by atoms with van der Waals surface area (Å²) in [4.78, 5) is 0.898. The average Bonchev–Trinajstić information content (AvgIpc) is 2.36. The minimum absolute atomic E-state index is 0.898. The van der Waals surface area contributed by atoms with E-state index < -0.39 is 0 Å². The van der Waals surface area contributed by atoms with E-state index in [1.165, 1.54) is 9.77 Å². The first kappa shape index (κ1) is 6.64. The van der Waals surface area contributed by atoms with Crippen LogP contribution in [0.3, 0.4) is 0 Å². The predicted octanol–water partition coefficient (Wildman–Crippen LogP) is 2.08. The summed E-state index contributed by atoms with van der Waals surface area (Å²) < 4.78 is 1.35. The summed E-state index contributed by atoms with van der Waals surface area (Å²) in [6.45, 7) is 0. The molecule has 0 atom stereocenters. The van der Waals surface area contributed by atoms with Crippen LogP contribution in [0.15, 0.2) is 15.7 Å². The Hall–Kier alpha value is -0.0600. The van der Waals surface area contributed by atoms with Crippen LogP contribution in [0.5, 0.6) is 0 Å². The lowest BCUT2D eigenvalue weighted by atomic mass is 10.3. The second kappa shape index (κ2) is 2.53. The van der Waals surface area contributed by atoms with Crippen LogP contribution in [0.1, 0.15) is 5.56 Å². The highest BCUT2D eigenvalue weighted by atomic mass is 32.2. The van der Waals surface area contributed by atoms with Gasteiger partial charge in [0.05, 0.1) is 10.1 Å². The van der Waals surface area contributed by atoms with E-state index in [2.05, 4.69) is 16.8 Å². The molecule has 0 saturated heterocycles. The first-order chi connectivity index (χ1) is 4.88. The van der Waals surface area contributed by atoms with Gasteiger partial charge in [0.2, 0.25) is 0 Å². The molecule has 0 aliphatic carbocycles. The molecule has 1 aliphatic heterocycles. The molecule has 52 valence electrons. The van der Waals surface area contributed by atoms with Gasteiger partial charge in [0, 0.05) is 5.56 Å². The highest BCUT2D eigenvalue weighted by Gasteiger charge is 2.13. The molecule has 0 bridgehead atoms. The minimum Gasteiger partial charge on any atom is -0.366 e. The molecule has 1 nitrogen and oxygen atoms in total. The number of rotatable bonds is 0. The molecule has 0 fully saturated rings. The van der Waals surface area contributed by atoms with Gasteiger partial charge in [-0.05, 0) is 11.4 Å². The molecular formula is C6H5NS3. The van der Waals surface area contributed by atoms with Crippen molar-refractivity contribution < 1.29 is 0 Å². The Morgan fingerprint density at radius 3 is 3.30 bits per heavy atom. The number of nitrogens with one attached hydrogen (secondary N) is 1. The molecule has 2 heterocycles. The van der Waals surface area contributed by atoms with E-state index in [1.54, 1.807) is 11.3 Å². The quantitative estimate of drug-likeness (QED) is 0.625. The predicted molar refractivity (Wildman–Crippen MR) is 49.9 cm³/mol. The molecule has 1 N–H and O–H groups in total. The van der Waals surface area contributed by atoms with Gasteiger partial charge < -0.3 is 5.32 Å². The van der Waals surface area contributed by atoms with Crippen molar-refractivity contribution in [1.82, 2.24) is 5.32 Å². The molecular weight excluding hydrogens is 182 g/mol. The normalized spacial score (nSPS) is 16.2. The Kier molecular flexibility index (Phi) is 1.68. The highest BCUT2D eigenvalue weighted by Crippen LogP contribution is 2.31.